The number of piperidine rings is 1. The van der Waals surface area contributed by atoms with Crippen LogP contribution in [0.1, 0.15) is 23.7 Å². The molecule has 0 spiro atoms. The molecule has 0 bridgehead atoms. The van der Waals surface area contributed by atoms with Crippen molar-refractivity contribution < 1.29 is 4.79 Å². The van der Waals surface area contributed by atoms with Crippen molar-refractivity contribution in [1.29, 1.82) is 0 Å². The van der Waals surface area contributed by atoms with E-state index < -0.39 is 0 Å². The van der Waals surface area contributed by atoms with Crippen molar-refractivity contribution >= 4 is 17.7 Å². The molecular formula is C20H24N2OS. The first-order chi connectivity index (χ1) is 11.8. The van der Waals surface area contributed by atoms with Gasteiger partial charge in [-0.2, -0.15) is 0 Å². The predicted molar refractivity (Wildman–Crippen MR) is 100 cm³/mol. The fourth-order valence-electron chi connectivity index (χ4n) is 3.08. The third-order valence-electron chi connectivity index (χ3n) is 4.54. The monoisotopic (exact) mass is 340 g/mol. The van der Waals surface area contributed by atoms with E-state index in [1.807, 2.05) is 48.3 Å². The van der Waals surface area contributed by atoms with Crippen molar-refractivity contribution in [1.82, 2.24) is 10.2 Å². The molecule has 0 aliphatic carbocycles. The van der Waals surface area contributed by atoms with E-state index in [4.69, 9.17) is 0 Å². The molecule has 4 heteroatoms. The van der Waals surface area contributed by atoms with Crippen molar-refractivity contribution in [2.24, 2.45) is 0 Å². The highest BCUT2D eigenvalue weighted by atomic mass is 32.2. The highest BCUT2D eigenvalue weighted by molar-refractivity contribution is 8.00. The lowest BCUT2D eigenvalue weighted by molar-refractivity contribution is -0.131. The Morgan fingerprint density at radius 2 is 1.62 bits per heavy atom. The van der Waals surface area contributed by atoms with Crippen LogP contribution < -0.4 is 5.32 Å². The third kappa shape index (κ3) is 4.19. The fraction of sp³-hybridized carbons (Fsp3) is 0.350. The Kier molecular flexibility index (Phi) is 5.94. The van der Waals surface area contributed by atoms with Crippen LogP contribution >= 0.6 is 11.8 Å². The minimum absolute atomic E-state index is 0.181. The van der Waals surface area contributed by atoms with Crippen LogP contribution in [0.2, 0.25) is 0 Å². The van der Waals surface area contributed by atoms with Crippen molar-refractivity contribution in [3.63, 3.8) is 0 Å². The molecule has 24 heavy (non-hydrogen) atoms. The number of nitrogens with zero attached hydrogens (tertiary/aromatic N) is 1. The molecule has 1 saturated heterocycles. The van der Waals surface area contributed by atoms with Gasteiger partial charge in [0.25, 0.3) is 0 Å². The highest BCUT2D eigenvalue weighted by Gasteiger charge is 2.29. The molecule has 3 nitrogen and oxygen atoms in total. The molecule has 3 rings (SSSR count). The number of carbonyl (C=O) groups is 1. The number of likely N-dealkylation sites (tertiary alicyclic amines) is 1. The molecule has 1 heterocycles. The zero-order valence-electron chi connectivity index (χ0n) is 14.0. The van der Waals surface area contributed by atoms with Gasteiger partial charge in [-0.3, -0.25) is 4.79 Å². The van der Waals surface area contributed by atoms with Gasteiger partial charge in [-0.25, -0.2) is 0 Å². The van der Waals surface area contributed by atoms with Crippen LogP contribution in [-0.2, 0) is 4.79 Å². The molecule has 1 fully saturated rings. The lowest BCUT2D eigenvalue weighted by atomic mass is 10.0. The minimum atomic E-state index is -0.181. The SMILES string of the molecule is CNC1CCN(C(=O)C(Sc2ccccc2)c2ccccc2)CC1. The number of carbonyl (C=O) groups excluding carboxylic acids is 1. The van der Waals surface area contributed by atoms with E-state index in [0.717, 1.165) is 36.4 Å². The molecule has 1 atom stereocenters. The van der Waals surface area contributed by atoms with E-state index in [0.29, 0.717) is 6.04 Å². The standard InChI is InChI=1S/C20H24N2OS/c1-21-17-12-14-22(15-13-17)20(23)19(16-8-4-2-5-9-16)24-18-10-6-3-7-11-18/h2-11,17,19,21H,12-15H2,1H3. The van der Waals surface area contributed by atoms with Gasteiger partial charge in [0.05, 0.1) is 0 Å². The summed E-state index contributed by atoms with van der Waals surface area (Å²) in [5.41, 5.74) is 1.08. The lowest BCUT2D eigenvalue weighted by Gasteiger charge is -2.34. The number of nitrogens with one attached hydrogen (secondary N) is 1. The van der Waals surface area contributed by atoms with E-state index in [1.165, 1.54) is 0 Å². The second-order valence-electron chi connectivity index (χ2n) is 6.11. The van der Waals surface area contributed by atoms with Crippen LogP contribution in [-0.4, -0.2) is 37.0 Å². The van der Waals surface area contributed by atoms with Crippen molar-refractivity contribution in [3.05, 3.63) is 66.2 Å². The zero-order chi connectivity index (χ0) is 16.8. The number of rotatable bonds is 5. The van der Waals surface area contributed by atoms with Crippen LogP contribution in [0.25, 0.3) is 0 Å². The lowest BCUT2D eigenvalue weighted by Crippen LogP contribution is -2.45. The predicted octanol–water partition coefficient (Wildman–Crippen LogP) is 3.73. The molecular weight excluding hydrogens is 316 g/mol. The number of benzene rings is 2. The molecule has 2 aromatic carbocycles. The van der Waals surface area contributed by atoms with Crippen molar-refractivity contribution in [2.45, 2.75) is 29.0 Å². The highest BCUT2D eigenvalue weighted by Crippen LogP contribution is 2.37. The first-order valence-electron chi connectivity index (χ1n) is 8.50. The maximum Gasteiger partial charge on any atom is 0.240 e. The van der Waals surface area contributed by atoms with Gasteiger partial charge in [0.2, 0.25) is 5.91 Å². The average Bonchev–Trinajstić information content (AvgIpc) is 2.67. The molecule has 1 N–H and O–H groups in total. The Labute approximate surface area is 148 Å². The number of hydrogen-bond acceptors (Lipinski definition) is 3. The Morgan fingerprint density at radius 3 is 2.21 bits per heavy atom. The fourth-order valence-corrected chi connectivity index (χ4v) is 4.21. The van der Waals surface area contributed by atoms with Crippen LogP contribution in [0.4, 0.5) is 0 Å². The normalized spacial score (nSPS) is 16.8. The third-order valence-corrected chi connectivity index (χ3v) is 5.79. The van der Waals surface area contributed by atoms with Gasteiger partial charge in [0.15, 0.2) is 0 Å². The van der Waals surface area contributed by atoms with E-state index >= 15 is 0 Å². The Bertz CT molecular complexity index is 639. The second kappa shape index (κ2) is 8.36. The van der Waals surface area contributed by atoms with E-state index in [1.54, 1.807) is 11.8 Å². The van der Waals surface area contributed by atoms with Crippen molar-refractivity contribution in [2.75, 3.05) is 20.1 Å². The smallest absolute Gasteiger partial charge is 0.240 e. The summed E-state index contributed by atoms with van der Waals surface area (Å²) in [7, 11) is 2.00. The maximum absolute atomic E-state index is 13.2. The van der Waals surface area contributed by atoms with Crippen LogP contribution in [0, 0.1) is 0 Å². The van der Waals surface area contributed by atoms with Gasteiger partial charge >= 0.3 is 0 Å². The molecule has 1 aliphatic heterocycles. The van der Waals surface area contributed by atoms with E-state index in [2.05, 4.69) is 29.6 Å². The molecule has 0 radical (unpaired) electrons. The average molecular weight is 340 g/mol. The summed E-state index contributed by atoms with van der Waals surface area (Å²) in [6, 6.07) is 20.8. The van der Waals surface area contributed by atoms with Gasteiger partial charge in [0, 0.05) is 24.0 Å². The number of thioether (sulfide) groups is 1. The minimum Gasteiger partial charge on any atom is -0.341 e. The van der Waals surface area contributed by atoms with Gasteiger partial charge in [-0.05, 0) is 37.6 Å². The summed E-state index contributed by atoms with van der Waals surface area (Å²) in [6.45, 7) is 1.67. The molecule has 1 amide bonds. The molecule has 0 aromatic heterocycles. The van der Waals surface area contributed by atoms with E-state index in [-0.39, 0.29) is 11.2 Å². The zero-order valence-corrected chi connectivity index (χ0v) is 14.8. The largest absolute Gasteiger partial charge is 0.341 e. The second-order valence-corrected chi connectivity index (χ2v) is 7.29. The number of amides is 1. The van der Waals surface area contributed by atoms with Crippen LogP contribution in [0.15, 0.2) is 65.6 Å². The van der Waals surface area contributed by atoms with Crippen LogP contribution in [0.3, 0.4) is 0 Å². The Hall–Kier alpha value is -1.78. The maximum atomic E-state index is 13.2. The summed E-state index contributed by atoms with van der Waals surface area (Å²) >= 11 is 1.64. The number of hydrogen-bond donors (Lipinski definition) is 1. The van der Waals surface area contributed by atoms with Gasteiger partial charge in [-0.15, -0.1) is 11.8 Å². The summed E-state index contributed by atoms with van der Waals surface area (Å²) in [5, 5.41) is 3.14. The Balaban J connectivity index is 1.78. The molecule has 1 aliphatic rings. The summed E-state index contributed by atoms with van der Waals surface area (Å²) < 4.78 is 0. The van der Waals surface area contributed by atoms with Gasteiger partial charge in [-0.1, -0.05) is 48.5 Å². The molecule has 1 unspecified atom stereocenters. The van der Waals surface area contributed by atoms with Gasteiger partial charge < -0.3 is 10.2 Å². The van der Waals surface area contributed by atoms with E-state index in [9.17, 15) is 4.79 Å². The molecule has 126 valence electrons. The first-order valence-corrected chi connectivity index (χ1v) is 9.38. The quantitative estimate of drug-likeness (QED) is 0.842. The van der Waals surface area contributed by atoms with Crippen molar-refractivity contribution in [3.8, 4) is 0 Å². The topological polar surface area (TPSA) is 32.3 Å². The molecule has 0 saturated carbocycles. The summed E-state index contributed by atoms with van der Waals surface area (Å²) in [4.78, 5) is 16.3. The molecule has 2 aromatic rings. The Morgan fingerprint density at radius 1 is 1.04 bits per heavy atom. The summed E-state index contributed by atoms with van der Waals surface area (Å²) in [6.07, 6.45) is 2.06. The first kappa shape index (κ1) is 17.1. The van der Waals surface area contributed by atoms with Gasteiger partial charge in [0.1, 0.15) is 5.25 Å². The summed E-state index contributed by atoms with van der Waals surface area (Å²) in [5.74, 6) is 0.226. The van der Waals surface area contributed by atoms with Crippen LogP contribution in [0.5, 0.6) is 0 Å².